The summed E-state index contributed by atoms with van der Waals surface area (Å²) in [5.41, 5.74) is 9.97. The molecule has 28 heavy (non-hydrogen) atoms. The van der Waals surface area contributed by atoms with Crippen LogP contribution < -0.4 is 5.73 Å². The average Bonchev–Trinajstić information content (AvgIpc) is 2.69. The number of carbonyl (C=O) groups excluding carboxylic acids is 1. The summed E-state index contributed by atoms with van der Waals surface area (Å²) in [6.45, 7) is 5.31. The summed E-state index contributed by atoms with van der Waals surface area (Å²) in [6.07, 6.45) is 10.9. The minimum absolute atomic E-state index is 0.0589. The van der Waals surface area contributed by atoms with Gasteiger partial charge in [-0.25, -0.2) is 4.98 Å². The van der Waals surface area contributed by atoms with Gasteiger partial charge in [0.15, 0.2) is 5.78 Å². The fourth-order valence-electron chi connectivity index (χ4n) is 3.82. The maximum absolute atomic E-state index is 12.4. The first kappa shape index (κ1) is 20.2. The van der Waals surface area contributed by atoms with Gasteiger partial charge in [0.25, 0.3) is 0 Å². The van der Waals surface area contributed by atoms with Gasteiger partial charge in [0, 0.05) is 30.5 Å². The van der Waals surface area contributed by atoms with Crippen molar-refractivity contribution in [3.8, 4) is 11.3 Å². The maximum atomic E-state index is 12.4. The molecular formula is C23H29N3O2. The van der Waals surface area contributed by atoms with E-state index in [0.717, 1.165) is 73.4 Å². The second-order valence-electron chi connectivity index (χ2n) is 7.39. The highest BCUT2D eigenvalue weighted by Gasteiger charge is 2.18. The third-order valence-corrected chi connectivity index (χ3v) is 5.27. The maximum Gasteiger partial charge on any atom is 0.162 e. The van der Waals surface area contributed by atoms with Gasteiger partial charge in [-0.2, -0.15) is 0 Å². The summed E-state index contributed by atoms with van der Waals surface area (Å²) in [4.78, 5) is 21.4. The van der Waals surface area contributed by atoms with Crippen molar-refractivity contribution >= 4 is 17.7 Å². The molecule has 1 saturated heterocycles. The number of carbonyl (C=O) groups is 1. The van der Waals surface area contributed by atoms with Crippen LogP contribution in [-0.2, 0) is 11.2 Å². The van der Waals surface area contributed by atoms with E-state index in [2.05, 4.69) is 4.98 Å². The average molecular weight is 380 g/mol. The van der Waals surface area contributed by atoms with Crippen LogP contribution in [0.5, 0.6) is 0 Å². The molecule has 0 radical (unpaired) electrons. The summed E-state index contributed by atoms with van der Waals surface area (Å²) in [5.74, 6) is 1.26. The van der Waals surface area contributed by atoms with E-state index in [1.54, 1.807) is 19.2 Å². The molecule has 2 aromatic heterocycles. The molecule has 2 N–H and O–H groups in total. The molecule has 0 atom stereocenters. The number of ether oxygens (including phenoxy) is 1. The molecule has 1 aliphatic heterocycles. The highest BCUT2D eigenvalue weighted by molar-refractivity contribution is 5.99. The molecule has 1 fully saturated rings. The number of aryl methyl sites for hydroxylation is 1. The van der Waals surface area contributed by atoms with Crippen molar-refractivity contribution < 1.29 is 9.53 Å². The van der Waals surface area contributed by atoms with E-state index in [1.165, 1.54) is 0 Å². The summed E-state index contributed by atoms with van der Waals surface area (Å²) < 4.78 is 5.45. The molecule has 148 valence electrons. The molecule has 0 aromatic carbocycles. The highest BCUT2D eigenvalue weighted by Crippen LogP contribution is 2.27. The lowest BCUT2D eigenvalue weighted by Gasteiger charge is -2.22. The fraction of sp³-hybridized carbons (Fsp3) is 0.435. The van der Waals surface area contributed by atoms with Crippen molar-refractivity contribution in [1.82, 2.24) is 9.97 Å². The first-order chi connectivity index (χ1) is 13.6. The molecule has 0 amide bonds. The van der Waals surface area contributed by atoms with Crippen LogP contribution in [-0.4, -0.2) is 29.0 Å². The van der Waals surface area contributed by atoms with Crippen molar-refractivity contribution in [3.05, 3.63) is 47.3 Å². The van der Waals surface area contributed by atoms with E-state index >= 15 is 0 Å². The number of pyridine rings is 2. The van der Waals surface area contributed by atoms with E-state index in [1.807, 2.05) is 31.2 Å². The molecule has 0 spiro atoms. The Hall–Kier alpha value is -2.53. The number of nitrogens with two attached hydrogens (primary N) is 1. The SMILES string of the molecule is C/C=C\c1cc(-c2ccc(N)nc2)nc(CCCC2CCOCC2)c1C(C)=O. The molecule has 5 heteroatoms. The van der Waals surface area contributed by atoms with Crippen molar-refractivity contribution in [2.24, 2.45) is 5.92 Å². The normalized spacial score (nSPS) is 15.2. The summed E-state index contributed by atoms with van der Waals surface area (Å²) in [5, 5.41) is 0. The number of aromatic nitrogens is 2. The Bertz CT molecular complexity index is 838. The molecule has 1 aliphatic rings. The summed E-state index contributed by atoms with van der Waals surface area (Å²) in [6, 6.07) is 5.66. The van der Waals surface area contributed by atoms with Gasteiger partial charge in [0.2, 0.25) is 0 Å². The predicted molar refractivity (Wildman–Crippen MR) is 113 cm³/mol. The molecule has 3 rings (SSSR count). The quantitative estimate of drug-likeness (QED) is 0.705. The van der Waals surface area contributed by atoms with Gasteiger partial charge in [-0.05, 0) is 75.6 Å². The number of hydrogen-bond acceptors (Lipinski definition) is 5. The number of allylic oxidation sites excluding steroid dienone is 1. The molecule has 3 heterocycles. The van der Waals surface area contributed by atoms with Crippen LogP contribution in [0.2, 0.25) is 0 Å². The zero-order valence-electron chi connectivity index (χ0n) is 16.8. The number of ketones is 1. The smallest absolute Gasteiger partial charge is 0.162 e. The molecule has 0 bridgehead atoms. The van der Waals surface area contributed by atoms with E-state index in [9.17, 15) is 4.79 Å². The predicted octanol–water partition coefficient (Wildman–Crippen LogP) is 4.71. The Morgan fingerprint density at radius 1 is 1.32 bits per heavy atom. The largest absolute Gasteiger partial charge is 0.384 e. The number of nitrogen functional groups attached to an aromatic ring is 1. The lowest BCUT2D eigenvalue weighted by Crippen LogP contribution is -2.16. The summed E-state index contributed by atoms with van der Waals surface area (Å²) >= 11 is 0. The number of rotatable bonds is 7. The number of hydrogen-bond donors (Lipinski definition) is 1. The van der Waals surface area contributed by atoms with Crippen LogP contribution in [0.3, 0.4) is 0 Å². The molecular weight excluding hydrogens is 350 g/mol. The Kier molecular flexibility index (Phi) is 6.93. The summed E-state index contributed by atoms with van der Waals surface area (Å²) in [7, 11) is 0. The van der Waals surface area contributed by atoms with Gasteiger partial charge >= 0.3 is 0 Å². The van der Waals surface area contributed by atoms with Gasteiger partial charge in [0.1, 0.15) is 5.82 Å². The zero-order chi connectivity index (χ0) is 19.9. The third-order valence-electron chi connectivity index (χ3n) is 5.27. The lowest BCUT2D eigenvalue weighted by atomic mass is 9.92. The number of Topliss-reactive ketones (excluding diaryl/α,β-unsaturated/α-hetero) is 1. The Morgan fingerprint density at radius 3 is 2.75 bits per heavy atom. The lowest BCUT2D eigenvalue weighted by molar-refractivity contribution is 0.0633. The Balaban J connectivity index is 1.90. The molecule has 5 nitrogen and oxygen atoms in total. The van der Waals surface area contributed by atoms with E-state index in [4.69, 9.17) is 15.5 Å². The Labute approximate surface area is 167 Å². The Morgan fingerprint density at radius 2 is 2.11 bits per heavy atom. The van der Waals surface area contributed by atoms with Crippen LogP contribution in [0, 0.1) is 5.92 Å². The molecule has 0 unspecified atom stereocenters. The van der Waals surface area contributed by atoms with Crippen molar-refractivity contribution in [2.45, 2.75) is 46.0 Å². The topological polar surface area (TPSA) is 78.1 Å². The highest BCUT2D eigenvalue weighted by atomic mass is 16.5. The van der Waals surface area contributed by atoms with Crippen LogP contribution >= 0.6 is 0 Å². The van der Waals surface area contributed by atoms with Crippen LogP contribution in [0.25, 0.3) is 17.3 Å². The zero-order valence-corrected chi connectivity index (χ0v) is 16.8. The number of nitrogens with zero attached hydrogens (tertiary/aromatic N) is 2. The minimum atomic E-state index is 0.0589. The second-order valence-corrected chi connectivity index (χ2v) is 7.39. The van der Waals surface area contributed by atoms with Crippen LogP contribution in [0.15, 0.2) is 30.5 Å². The third kappa shape index (κ3) is 5.04. The van der Waals surface area contributed by atoms with Gasteiger partial charge < -0.3 is 10.5 Å². The monoisotopic (exact) mass is 379 g/mol. The van der Waals surface area contributed by atoms with Crippen molar-refractivity contribution in [2.75, 3.05) is 18.9 Å². The standard InChI is InChI=1S/C23H29N3O2/c1-3-5-18-14-21(19-8-9-22(24)25-15-19)26-20(23(18)16(2)27)7-4-6-17-10-12-28-13-11-17/h3,5,8-9,14-15,17H,4,6-7,10-13H2,1-2H3,(H2,24,25)/b5-3-. The van der Waals surface area contributed by atoms with E-state index in [0.29, 0.717) is 11.7 Å². The second kappa shape index (κ2) is 9.60. The fourth-order valence-corrected chi connectivity index (χ4v) is 3.82. The van der Waals surface area contributed by atoms with Crippen LogP contribution in [0.1, 0.15) is 61.1 Å². The first-order valence-corrected chi connectivity index (χ1v) is 10.1. The van der Waals surface area contributed by atoms with E-state index in [-0.39, 0.29) is 5.78 Å². The van der Waals surface area contributed by atoms with Gasteiger partial charge in [-0.1, -0.05) is 12.2 Å². The number of anilines is 1. The van der Waals surface area contributed by atoms with E-state index < -0.39 is 0 Å². The molecule has 0 aliphatic carbocycles. The molecule has 2 aromatic rings. The van der Waals surface area contributed by atoms with Crippen LogP contribution in [0.4, 0.5) is 5.82 Å². The van der Waals surface area contributed by atoms with Gasteiger partial charge in [-0.3, -0.25) is 9.78 Å². The van der Waals surface area contributed by atoms with Crippen molar-refractivity contribution in [1.29, 1.82) is 0 Å². The van der Waals surface area contributed by atoms with Gasteiger partial charge in [-0.15, -0.1) is 0 Å². The first-order valence-electron chi connectivity index (χ1n) is 10.1. The van der Waals surface area contributed by atoms with Gasteiger partial charge in [0.05, 0.1) is 11.4 Å². The minimum Gasteiger partial charge on any atom is -0.384 e. The molecule has 0 saturated carbocycles. The van der Waals surface area contributed by atoms with Crippen molar-refractivity contribution in [3.63, 3.8) is 0 Å².